The molecular weight excluding hydrogens is 121 g/mol. The lowest BCUT2D eigenvalue weighted by Crippen LogP contribution is -2.36. The van der Waals surface area contributed by atoms with E-state index in [2.05, 4.69) is 39.8 Å². The van der Waals surface area contributed by atoms with E-state index in [0.717, 1.165) is 6.54 Å². The Morgan fingerprint density at radius 2 is 1.90 bits per heavy atom. The highest BCUT2D eigenvalue weighted by atomic mass is 14.9. The van der Waals surface area contributed by atoms with Crippen LogP contribution in [0.15, 0.2) is 0 Å². The normalized spacial score (nSPS) is 14.9. The van der Waals surface area contributed by atoms with Crippen LogP contribution in [0.25, 0.3) is 0 Å². The Morgan fingerprint density at radius 1 is 1.40 bits per heavy atom. The quantitative estimate of drug-likeness (QED) is 0.586. The Labute approximate surface area is 65.8 Å². The molecule has 0 saturated carbocycles. The second-order valence-corrected chi connectivity index (χ2v) is 4.25. The van der Waals surface area contributed by atoms with Crippen LogP contribution >= 0.6 is 0 Å². The molecule has 0 aromatic heterocycles. The van der Waals surface area contributed by atoms with Crippen LogP contribution in [0.2, 0.25) is 6.82 Å². The molecule has 60 valence electrons. The van der Waals surface area contributed by atoms with E-state index in [1.54, 1.807) is 0 Å². The molecule has 0 amide bonds. The molecule has 0 aromatic carbocycles. The third kappa shape index (κ3) is 6.15. The van der Waals surface area contributed by atoms with Crippen LogP contribution in [0.3, 0.4) is 0 Å². The van der Waals surface area contributed by atoms with Crippen molar-refractivity contribution in [1.82, 2.24) is 5.32 Å². The SMILES string of the molecule is CBC(C)NCC(C)(C)C. The van der Waals surface area contributed by atoms with Gasteiger partial charge in [0.15, 0.2) is 0 Å². The lowest BCUT2D eigenvalue weighted by atomic mass is 9.73. The Bertz CT molecular complexity index is 85.7. The summed E-state index contributed by atoms with van der Waals surface area (Å²) in [6, 6.07) is 0. The van der Waals surface area contributed by atoms with E-state index in [4.69, 9.17) is 0 Å². The van der Waals surface area contributed by atoms with Crippen molar-refractivity contribution >= 4 is 7.28 Å². The van der Waals surface area contributed by atoms with Gasteiger partial charge in [-0.25, -0.2) is 0 Å². The minimum atomic E-state index is 0.420. The predicted octanol–water partition coefficient (Wildman–Crippen LogP) is 1.45. The van der Waals surface area contributed by atoms with Crippen LogP contribution in [-0.4, -0.2) is 19.8 Å². The summed E-state index contributed by atoms with van der Waals surface area (Å²) in [4.78, 5) is 0. The van der Waals surface area contributed by atoms with E-state index in [1.165, 1.54) is 7.28 Å². The van der Waals surface area contributed by atoms with E-state index in [9.17, 15) is 0 Å². The molecule has 2 heteroatoms. The molecule has 0 aliphatic heterocycles. The Balaban J connectivity index is 3.36. The van der Waals surface area contributed by atoms with Gasteiger partial charge in [0.1, 0.15) is 7.28 Å². The van der Waals surface area contributed by atoms with Gasteiger partial charge in [0.05, 0.1) is 0 Å². The van der Waals surface area contributed by atoms with Crippen molar-refractivity contribution in [2.24, 2.45) is 5.41 Å². The van der Waals surface area contributed by atoms with Crippen LogP contribution < -0.4 is 5.32 Å². The molecule has 0 radical (unpaired) electrons. The molecule has 0 saturated heterocycles. The summed E-state index contributed by atoms with van der Waals surface area (Å²) >= 11 is 0. The maximum absolute atomic E-state index is 3.47. The van der Waals surface area contributed by atoms with Crippen molar-refractivity contribution in [3.63, 3.8) is 0 Å². The third-order valence-electron chi connectivity index (χ3n) is 1.59. The molecule has 0 aliphatic rings. The fourth-order valence-electron chi connectivity index (χ4n) is 0.625. The predicted molar refractivity (Wildman–Crippen MR) is 49.9 cm³/mol. The van der Waals surface area contributed by atoms with E-state index in [1.807, 2.05) is 0 Å². The van der Waals surface area contributed by atoms with Crippen LogP contribution in [-0.2, 0) is 0 Å². The largest absolute Gasteiger partial charge is 0.321 e. The molecule has 10 heavy (non-hydrogen) atoms. The molecule has 1 N–H and O–H groups in total. The van der Waals surface area contributed by atoms with Crippen LogP contribution in [0.5, 0.6) is 0 Å². The van der Waals surface area contributed by atoms with Gasteiger partial charge in [-0.2, -0.15) is 0 Å². The number of hydrogen-bond acceptors (Lipinski definition) is 1. The summed E-state index contributed by atoms with van der Waals surface area (Å²) in [5.41, 5.74) is 0.420. The fraction of sp³-hybridized carbons (Fsp3) is 1.00. The minimum absolute atomic E-state index is 0.420. The summed E-state index contributed by atoms with van der Waals surface area (Å²) in [5, 5.41) is 3.47. The Morgan fingerprint density at radius 3 is 2.20 bits per heavy atom. The maximum atomic E-state index is 3.47. The van der Waals surface area contributed by atoms with E-state index >= 15 is 0 Å². The molecule has 0 spiro atoms. The lowest BCUT2D eigenvalue weighted by molar-refractivity contribution is 0.377. The molecule has 1 nitrogen and oxygen atoms in total. The summed E-state index contributed by atoms with van der Waals surface area (Å²) in [5.74, 6) is 0.666. The molecular formula is C8H20BN. The fourth-order valence-corrected chi connectivity index (χ4v) is 0.625. The molecule has 1 atom stereocenters. The van der Waals surface area contributed by atoms with Gasteiger partial charge >= 0.3 is 0 Å². The van der Waals surface area contributed by atoms with Gasteiger partial charge in [-0.3, -0.25) is 0 Å². The van der Waals surface area contributed by atoms with Gasteiger partial charge in [-0.05, 0) is 17.9 Å². The van der Waals surface area contributed by atoms with Crippen molar-refractivity contribution in [2.75, 3.05) is 6.54 Å². The molecule has 0 aromatic rings. The summed E-state index contributed by atoms with van der Waals surface area (Å²) in [6.07, 6.45) is 0. The van der Waals surface area contributed by atoms with Gasteiger partial charge in [0.25, 0.3) is 0 Å². The van der Waals surface area contributed by atoms with Crippen LogP contribution in [0, 0.1) is 5.41 Å². The molecule has 1 unspecified atom stereocenters. The number of nitrogens with one attached hydrogen (secondary N) is 1. The first-order valence-corrected chi connectivity index (χ1v) is 4.19. The summed E-state index contributed by atoms with van der Waals surface area (Å²) in [7, 11) is 1.22. The van der Waals surface area contributed by atoms with E-state index in [-0.39, 0.29) is 0 Å². The van der Waals surface area contributed by atoms with Crippen LogP contribution in [0.1, 0.15) is 27.7 Å². The Hall–Kier alpha value is 0.0249. The monoisotopic (exact) mass is 141 g/mol. The molecule has 0 heterocycles. The van der Waals surface area contributed by atoms with Crippen molar-refractivity contribution in [2.45, 2.75) is 40.5 Å². The topological polar surface area (TPSA) is 12.0 Å². The van der Waals surface area contributed by atoms with Gasteiger partial charge in [-0.1, -0.05) is 34.5 Å². The van der Waals surface area contributed by atoms with Gasteiger partial charge in [-0.15, -0.1) is 0 Å². The maximum Gasteiger partial charge on any atom is 0.138 e. The average Bonchev–Trinajstić information content (AvgIpc) is 1.81. The molecule has 0 rings (SSSR count). The van der Waals surface area contributed by atoms with Crippen LogP contribution in [0.4, 0.5) is 0 Å². The summed E-state index contributed by atoms with van der Waals surface area (Å²) in [6.45, 7) is 12.3. The van der Waals surface area contributed by atoms with Crippen molar-refractivity contribution in [3.05, 3.63) is 0 Å². The van der Waals surface area contributed by atoms with Gasteiger partial charge in [0, 0.05) is 0 Å². The van der Waals surface area contributed by atoms with Crippen molar-refractivity contribution in [1.29, 1.82) is 0 Å². The van der Waals surface area contributed by atoms with Crippen molar-refractivity contribution < 1.29 is 0 Å². The third-order valence-corrected chi connectivity index (χ3v) is 1.59. The zero-order chi connectivity index (χ0) is 8.20. The first-order valence-electron chi connectivity index (χ1n) is 4.19. The second-order valence-electron chi connectivity index (χ2n) is 4.25. The summed E-state index contributed by atoms with van der Waals surface area (Å²) < 4.78 is 0. The highest BCUT2D eigenvalue weighted by Gasteiger charge is 2.10. The number of hydrogen-bond donors (Lipinski definition) is 1. The Kier molecular flexibility index (Phi) is 4.03. The smallest absolute Gasteiger partial charge is 0.138 e. The minimum Gasteiger partial charge on any atom is -0.321 e. The first-order chi connectivity index (χ1) is 4.45. The molecule has 0 bridgehead atoms. The highest BCUT2D eigenvalue weighted by Crippen LogP contribution is 2.10. The average molecular weight is 141 g/mol. The van der Waals surface area contributed by atoms with Crippen molar-refractivity contribution in [3.8, 4) is 0 Å². The van der Waals surface area contributed by atoms with E-state index in [0.29, 0.717) is 11.4 Å². The standard InChI is InChI=1S/C8H20BN/c1-7(9-5)10-6-8(2,3)4/h7,9-10H,6H2,1-5H3. The second kappa shape index (κ2) is 4.02. The zero-order valence-electron chi connectivity index (χ0n) is 7.99. The first kappa shape index (κ1) is 10.0. The van der Waals surface area contributed by atoms with Gasteiger partial charge in [0.2, 0.25) is 0 Å². The molecule has 0 fully saturated rings. The van der Waals surface area contributed by atoms with Gasteiger partial charge < -0.3 is 5.32 Å². The van der Waals surface area contributed by atoms with E-state index < -0.39 is 0 Å². The number of rotatable bonds is 3. The highest BCUT2D eigenvalue weighted by molar-refractivity contribution is 6.35. The molecule has 0 aliphatic carbocycles. The lowest BCUT2D eigenvalue weighted by Gasteiger charge is -2.21. The zero-order valence-corrected chi connectivity index (χ0v) is 7.99.